The normalized spacial score (nSPS) is 31.6. The number of amides is 1. The maximum Gasteiger partial charge on any atom is 0.227 e. The zero-order chi connectivity index (χ0) is 14.9. The van der Waals surface area contributed by atoms with Crippen molar-refractivity contribution in [3.63, 3.8) is 0 Å². The summed E-state index contributed by atoms with van der Waals surface area (Å²) in [7, 11) is 0. The van der Waals surface area contributed by atoms with Crippen LogP contribution in [0.25, 0.3) is 0 Å². The van der Waals surface area contributed by atoms with Gasteiger partial charge < -0.3 is 4.90 Å². The lowest BCUT2D eigenvalue weighted by Gasteiger charge is -2.41. The lowest BCUT2D eigenvalue weighted by molar-refractivity contribution is -0.132. The van der Waals surface area contributed by atoms with Gasteiger partial charge in [-0.25, -0.2) is 0 Å². The van der Waals surface area contributed by atoms with Gasteiger partial charge in [-0.2, -0.15) is 0 Å². The highest BCUT2D eigenvalue weighted by Gasteiger charge is 2.42. The van der Waals surface area contributed by atoms with Gasteiger partial charge in [-0.1, -0.05) is 36.8 Å². The number of nitrogens with zero attached hydrogens (tertiary/aromatic N) is 2. The number of carbonyl (C=O) groups is 1. The molecule has 4 rings (SSSR count). The highest BCUT2D eigenvalue weighted by molar-refractivity contribution is 5.78. The van der Waals surface area contributed by atoms with Gasteiger partial charge in [0.2, 0.25) is 5.91 Å². The van der Waals surface area contributed by atoms with Crippen LogP contribution >= 0.6 is 0 Å². The van der Waals surface area contributed by atoms with Gasteiger partial charge in [0.1, 0.15) is 0 Å². The summed E-state index contributed by atoms with van der Waals surface area (Å²) in [4.78, 5) is 17.2. The Kier molecular flexibility index (Phi) is 3.91. The van der Waals surface area contributed by atoms with Crippen molar-refractivity contribution in [2.75, 3.05) is 26.2 Å². The van der Waals surface area contributed by atoms with E-state index in [1.165, 1.54) is 25.7 Å². The van der Waals surface area contributed by atoms with Crippen molar-refractivity contribution in [1.29, 1.82) is 0 Å². The standard InChI is InChI=1S/C19H26N2O/c22-19(14-15-4-2-1-3-5-15)21-10-8-20(9-11-21)18-13-16-6-7-17(18)12-16/h1-5,16-18H,6-14H2/t16-,17-,18+/m0/s1. The molecule has 118 valence electrons. The van der Waals surface area contributed by atoms with Gasteiger partial charge in [0.05, 0.1) is 6.42 Å². The van der Waals surface area contributed by atoms with Crippen molar-refractivity contribution < 1.29 is 4.79 Å². The molecule has 3 heteroatoms. The van der Waals surface area contributed by atoms with Gasteiger partial charge in [0.15, 0.2) is 0 Å². The van der Waals surface area contributed by atoms with Crippen LogP contribution in [0.15, 0.2) is 30.3 Å². The van der Waals surface area contributed by atoms with Crippen molar-refractivity contribution in [2.24, 2.45) is 11.8 Å². The Morgan fingerprint density at radius 1 is 1.00 bits per heavy atom. The molecule has 0 radical (unpaired) electrons. The van der Waals surface area contributed by atoms with Crippen LogP contribution in [0.5, 0.6) is 0 Å². The fraction of sp³-hybridized carbons (Fsp3) is 0.632. The predicted molar refractivity (Wildman–Crippen MR) is 87.5 cm³/mol. The maximum atomic E-state index is 12.4. The second-order valence-corrected chi connectivity index (χ2v) is 7.32. The molecule has 3 fully saturated rings. The summed E-state index contributed by atoms with van der Waals surface area (Å²) < 4.78 is 0. The van der Waals surface area contributed by atoms with Gasteiger partial charge >= 0.3 is 0 Å². The molecule has 2 aliphatic carbocycles. The Morgan fingerprint density at radius 3 is 2.41 bits per heavy atom. The Labute approximate surface area is 133 Å². The van der Waals surface area contributed by atoms with E-state index in [4.69, 9.17) is 0 Å². The third-order valence-electron chi connectivity index (χ3n) is 6.03. The Morgan fingerprint density at radius 2 is 1.77 bits per heavy atom. The number of rotatable bonds is 3. The summed E-state index contributed by atoms with van der Waals surface area (Å²) in [5.74, 6) is 2.25. The summed E-state index contributed by atoms with van der Waals surface area (Å²) in [6.07, 6.45) is 6.36. The fourth-order valence-corrected chi connectivity index (χ4v) is 4.84. The highest BCUT2D eigenvalue weighted by atomic mass is 16.2. The number of hydrogen-bond acceptors (Lipinski definition) is 2. The first-order chi connectivity index (χ1) is 10.8. The second-order valence-electron chi connectivity index (χ2n) is 7.32. The number of fused-ring (bicyclic) bond motifs is 2. The minimum atomic E-state index is 0.291. The number of hydrogen-bond donors (Lipinski definition) is 0. The van der Waals surface area contributed by atoms with Crippen LogP contribution in [0.3, 0.4) is 0 Å². The van der Waals surface area contributed by atoms with Crippen molar-refractivity contribution >= 4 is 5.91 Å². The van der Waals surface area contributed by atoms with Crippen LogP contribution in [0, 0.1) is 11.8 Å². The van der Waals surface area contributed by atoms with E-state index in [1.54, 1.807) is 0 Å². The molecule has 2 bridgehead atoms. The van der Waals surface area contributed by atoms with Crippen LogP contribution < -0.4 is 0 Å². The quantitative estimate of drug-likeness (QED) is 0.856. The SMILES string of the molecule is O=C(Cc1ccccc1)N1CCN([C@@H]2C[C@H]3CC[C@H]2C3)CC1. The molecule has 1 heterocycles. The molecule has 1 aromatic carbocycles. The van der Waals surface area contributed by atoms with E-state index in [2.05, 4.69) is 9.80 Å². The first kappa shape index (κ1) is 14.3. The fourth-order valence-electron chi connectivity index (χ4n) is 4.84. The number of carbonyl (C=O) groups excluding carboxylic acids is 1. The van der Waals surface area contributed by atoms with E-state index in [1.807, 2.05) is 30.3 Å². The topological polar surface area (TPSA) is 23.6 Å². The Hall–Kier alpha value is -1.35. The summed E-state index contributed by atoms with van der Waals surface area (Å²) in [5, 5.41) is 0. The monoisotopic (exact) mass is 298 g/mol. The van der Waals surface area contributed by atoms with Crippen LogP contribution in [0.2, 0.25) is 0 Å². The molecule has 0 N–H and O–H groups in total. The minimum Gasteiger partial charge on any atom is -0.340 e. The molecule has 1 amide bonds. The summed E-state index contributed by atoms with van der Waals surface area (Å²) in [6, 6.07) is 10.9. The molecule has 0 aromatic heterocycles. The van der Waals surface area contributed by atoms with E-state index in [9.17, 15) is 4.79 Å². The van der Waals surface area contributed by atoms with E-state index in [-0.39, 0.29) is 0 Å². The lowest BCUT2D eigenvalue weighted by atomic mass is 9.93. The smallest absolute Gasteiger partial charge is 0.227 e. The molecule has 3 atom stereocenters. The van der Waals surface area contributed by atoms with E-state index < -0.39 is 0 Å². The molecule has 2 saturated carbocycles. The third kappa shape index (κ3) is 2.79. The molecular formula is C19H26N2O. The van der Waals surface area contributed by atoms with Crippen LogP contribution in [0.1, 0.15) is 31.2 Å². The maximum absolute atomic E-state index is 12.4. The zero-order valence-electron chi connectivity index (χ0n) is 13.3. The molecule has 1 aromatic rings. The third-order valence-corrected chi connectivity index (χ3v) is 6.03. The predicted octanol–water partition coefficient (Wildman–Crippen LogP) is 2.56. The summed E-state index contributed by atoms with van der Waals surface area (Å²) >= 11 is 0. The average molecular weight is 298 g/mol. The number of piperazine rings is 1. The molecule has 3 aliphatic rings. The summed E-state index contributed by atoms with van der Waals surface area (Å²) in [6.45, 7) is 3.99. The van der Waals surface area contributed by atoms with Crippen molar-refractivity contribution in [1.82, 2.24) is 9.80 Å². The van der Waals surface area contributed by atoms with Gasteiger partial charge in [0, 0.05) is 32.2 Å². The largest absolute Gasteiger partial charge is 0.340 e. The summed E-state index contributed by atoms with van der Waals surface area (Å²) in [5.41, 5.74) is 1.13. The average Bonchev–Trinajstić information content (AvgIpc) is 3.19. The van der Waals surface area contributed by atoms with E-state index >= 15 is 0 Å². The minimum absolute atomic E-state index is 0.291. The molecule has 1 aliphatic heterocycles. The number of benzene rings is 1. The molecule has 22 heavy (non-hydrogen) atoms. The van der Waals surface area contributed by atoms with Gasteiger partial charge in [-0.3, -0.25) is 9.69 Å². The van der Waals surface area contributed by atoms with Crippen molar-refractivity contribution in [2.45, 2.75) is 38.1 Å². The van der Waals surface area contributed by atoms with Crippen LogP contribution in [-0.4, -0.2) is 47.9 Å². The molecule has 0 unspecified atom stereocenters. The van der Waals surface area contributed by atoms with E-state index in [0.29, 0.717) is 12.3 Å². The molecule has 0 spiro atoms. The van der Waals surface area contributed by atoms with E-state index in [0.717, 1.165) is 49.6 Å². The van der Waals surface area contributed by atoms with Crippen LogP contribution in [0.4, 0.5) is 0 Å². The van der Waals surface area contributed by atoms with Crippen molar-refractivity contribution in [3.05, 3.63) is 35.9 Å². The van der Waals surface area contributed by atoms with Gasteiger partial charge in [-0.15, -0.1) is 0 Å². The molecular weight excluding hydrogens is 272 g/mol. The zero-order valence-corrected chi connectivity index (χ0v) is 13.3. The molecule has 1 saturated heterocycles. The Balaban J connectivity index is 1.29. The Bertz CT molecular complexity index is 521. The van der Waals surface area contributed by atoms with Gasteiger partial charge in [0.25, 0.3) is 0 Å². The van der Waals surface area contributed by atoms with Crippen LogP contribution in [-0.2, 0) is 11.2 Å². The molecule has 3 nitrogen and oxygen atoms in total. The first-order valence-electron chi connectivity index (χ1n) is 8.85. The highest BCUT2D eigenvalue weighted by Crippen LogP contribution is 2.46. The first-order valence-corrected chi connectivity index (χ1v) is 8.85. The lowest BCUT2D eigenvalue weighted by Crippen LogP contribution is -2.53. The second kappa shape index (κ2) is 6.04. The van der Waals surface area contributed by atoms with Crippen molar-refractivity contribution in [3.8, 4) is 0 Å². The van der Waals surface area contributed by atoms with Gasteiger partial charge in [-0.05, 0) is 36.7 Å².